The van der Waals surface area contributed by atoms with Gasteiger partial charge in [-0.1, -0.05) is 0 Å². The average molecular weight is 241 g/mol. The van der Waals surface area contributed by atoms with E-state index in [1.165, 1.54) is 24.5 Å². The molecule has 0 aliphatic carbocycles. The van der Waals surface area contributed by atoms with Crippen molar-refractivity contribution in [1.29, 1.82) is 0 Å². The van der Waals surface area contributed by atoms with Gasteiger partial charge in [0.25, 0.3) is 0 Å². The highest BCUT2D eigenvalue weighted by Crippen LogP contribution is 2.29. The Hall–Kier alpha value is -2.18. The maximum Gasteiger partial charge on any atom is 0.435 e. The summed E-state index contributed by atoms with van der Waals surface area (Å²) in [4.78, 5) is 14.4. The second-order valence-corrected chi connectivity index (χ2v) is 3.19. The Morgan fingerprint density at radius 1 is 1.24 bits per heavy atom. The number of rotatable bonds is 2. The number of carbonyl (C=O) groups is 1. The van der Waals surface area contributed by atoms with E-state index in [1.807, 2.05) is 0 Å². The van der Waals surface area contributed by atoms with Gasteiger partial charge in [0.2, 0.25) is 0 Å². The maximum absolute atomic E-state index is 12.4. The highest BCUT2D eigenvalue weighted by Gasteiger charge is 2.35. The largest absolute Gasteiger partial charge is 0.435 e. The molecule has 2 aromatic heterocycles. The standard InChI is InChI=1S/C10H6F3N3O/c11-10(12,13)9-5-8(6-17)16(15-9)7-1-3-14-4-2-7/h1-6H. The summed E-state index contributed by atoms with van der Waals surface area (Å²) in [6, 6.07) is 3.62. The second-order valence-electron chi connectivity index (χ2n) is 3.19. The Morgan fingerprint density at radius 3 is 2.41 bits per heavy atom. The Bertz CT molecular complexity index is 533. The van der Waals surface area contributed by atoms with E-state index in [2.05, 4.69) is 10.1 Å². The van der Waals surface area contributed by atoms with Gasteiger partial charge in [-0.3, -0.25) is 9.78 Å². The predicted octanol–water partition coefficient (Wildman–Crippen LogP) is 2.10. The number of halogens is 3. The number of hydrogen-bond acceptors (Lipinski definition) is 3. The van der Waals surface area contributed by atoms with Crippen molar-refractivity contribution in [1.82, 2.24) is 14.8 Å². The predicted molar refractivity (Wildman–Crippen MR) is 51.7 cm³/mol. The first kappa shape index (κ1) is 11.3. The molecule has 0 radical (unpaired) electrons. The first-order valence-corrected chi connectivity index (χ1v) is 4.55. The molecule has 2 aromatic rings. The smallest absolute Gasteiger partial charge is 0.296 e. The highest BCUT2D eigenvalue weighted by molar-refractivity contribution is 5.73. The lowest BCUT2D eigenvalue weighted by molar-refractivity contribution is -0.141. The minimum Gasteiger partial charge on any atom is -0.296 e. The molecule has 0 saturated carbocycles. The molecule has 0 aliphatic rings. The lowest BCUT2D eigenvalue weighted by Crippen LogP contribution is -2.07. The molecule has 0 amide bonds. The molecule has 0 saturated heterocycles. The summed E-state index contributed by atoms with van der Waals surface area (Å²) in [5.74, 6) is 0. The van der Waals surface area contributed by atoms with Crippen molar-refractivity contribution in [3.63, 3.8) is 0 Å². The second kappa shape index (κ2) is 4.00. The zero-order valence-corrected chi connectivity index (χ0v) is 8.35. The molecule has 0 aliphatic heterocycles. The monoisotopic (exact) mass is 241 g/mol. The summed E-state index contributed by atoms with van der Waals surface area (Å²) in [7, 11) is 0. The van der Waals surface area contributed by atoms with Crippen molar-refractivity contribution in [2.75, 3.05) is 0 Å². The van der Waals surface area contributed by atoms with E-state index in [0.717, 1.165) is 4.68 Å². The molecule has 7 heteroatoms. The van der Waals surface area contributed by atoms with Crippen molar-refractivity contribution in [2.24, 2.45) is 0 Å². The zero-order chi connectivity index (χ0) is 12.5. The molecule has 88 valence electrons. The molecule has 0 fully saturated rings. The topological polar surface area (TPSA) is 47.8 Å². The van der Waals surface area contributed by atoms with Gasteiger partial charge < -0.3 is 0 Å². The van der Waals surface area contributed by atoms with Crippen LogP contribution >= 0.6 is 0 Å². The van der Waals surface area contributed by atoms with Crippen LogP contribution in [0.5, 0.6) is 0 Å². The van der Waals surface area contributed by atoms with Crippen LogP contribution in [0.25, 0.3) is 5.69 Å². The first-order valence-electron chi connectivity index (χ1n) is 4.55. The number of aldehydes is 1. The van der Waals surface area contributed by atoms with E-state index < -0.39 is 11.9 Å². The Kier molecular flexibility index (Phi) is 2.66. The normalized spacial score (nSPS) is 11.5. The van der Waals surface area contributed by atoms with Crippen LogP contribution in [0.2, 0.25) is 0 Å². The fraction of sp³-hybridized carbons (Fsp3) is 0.100. The van der Waals surface area contributed by atoms with Gasteiger partial charge in [-0.15, -0.1) is 0 Å². The van der Waals surface area contributed by atoms with Crippen LogP contribution in [0.1, 0.15) is 16.2 Å². The molecule has 0 spiro atoms. The Morgan fingerprint density at radius 2 is 1.88 bits per heavy atom. The quantitative estimate of drug-likeness (QED) is 0.756. The van der Waals surface area contributed by atoms with E-state index in [-0.39, 0.29) is 5.69 Å². The van der Waals surface area contributed by atoms with Gasteiger partial charge >= 0.3 is 6.18 Å². The summed E-state index contributed by atoms with van der Waals surface area (Å²) >= 11 is 0. The minimum atomic E-state index is -4.57. The molecule has 0 atom stereocenters. The van der Waals surface area contributed by atoms with Gasteiger partial charge in [-0.2, -0.15) is 18.3 Å². The molecule has 0 bridgehead atoms. The summed E-state index contributed by atoms with van der Waals surface area (Å²) in [5, 5.41) is 3.36. The number of alkyl halides is 3. The van der Waals surface area contributed by atoms with Crippen LogP contribution < -0.4 is 0 Å². The van der Waals surface area contributed by atoms with Crippen molar-refractivity contribution in [3.8, 4) is 5.69 Å². The van der Waals surface area contributed by atoms with E-state index in [9.17, 15) is 18.0 Å². The van der Waals surface area contributed by atoms with E-state index in [1.54, 1.807) is 0 Å². The minimum absolute atomic E-state index is 0.163. The fourth-order valence-electron chi connectivity index (χ4n) is 1.31. The van der Waals surface area contributed by atoms with E-state index >= 15 is 0 Å². The van der Waals surface area contributed by atoms with Gasteiger partial charge in [-0.25, -0.2) is 4.68 Å². The fourth-order valence-corrected chi connectivity index (χ4v) is 1.31. The SMILES string of the molecule is O=Cc1cc(C(F)(F)F)nn1-c1ccncc1. The van der Waals surface area contributed by atoms with Gasteiger partial charge in [-0.05, 0) is 18.2 Å². The molecule has 0 aromatic carbocycles. The average Bonchev–Trinajstić information content (AvgIpc) is 2.73. The lowest BCUT2D eigenvalue weighted by Gasteiger charge is -2.03. The summed E-state index contributed by atoms with van der Waals surface area (Å²) in [6.07, 6.45) is -1.45. The van der Waals surface area contributed by atoms with Gasteiger partial charge in [0.1, 0.15) is 5.69 Å². The third kappa shape index (κ3) is 2.17. The summed E-state index contributed by atoms with van der Waals surface area (Å²) in [5.41, 5.74) is -0.919. The third-order valence-corrected chi connectivity index (χ3v) is 2.06. The number of carbonyl (C=O) groups excluding carboxylic acids is 1. The van der Waals surface area contributed by atoms with Crippen molar-refractivity contribution >= 4 is 6.29 Å². The molecule has 4 nitrogen and oxygen atoms in total. The summed E-state index contributed by atoms with van der Waals surface area (Å²) in [6.45, 7) is 0. The Balaban J connectivity index is 2.55. The van der Waals surface area contributed by atoms with E-state index in [4.69, 9.17) is 0 Å². The number of nitrogens with zero attached hydrogens (tertiary/aromatic N) is 3. The highest BCUT2D eigenvalue weighted by atomic mass is 19.4. The third-order valence-electron chi connectivity index (χ3n) is 2.06. The molecule has 2 heterocycles. The van der Waals surface area contributed by atoms with Crippen LogP contribution in [0.4, 0.5) is 13.2 Å². The molecule has 0 unspecified atom stereocenters. The molecule has 17 heavy (non-hydrogen) atoms. The molecule has 2 rings (SSSR count). The van der Waals surface area contributed by atoms with Gasteiger partial charge in [0, 0.05) is 12.4 Å². The van der Waals surface area contributed by atoms with Gasteiger partial charge in [0.05, 0.1) is 5.69 Å². The molecule has 0 N–H and O–H groups in total. The maximum atomic E-state index is 12.4. The number of pyridine rings is 1. The Labute approximate surface area is 93.7 Å². The zero-order valence-electron chi connectivity index (χ0n) is 8.35. The number of aromatic nitrogens is 3. The van der Waals surface area contributed by atoms with Crippen molar-refractivity contribution in [2.45, 2.75) is 6.18 Å². The van der Waals surface area contributed by atoms with Gasteiger partial charge in [0.15, 0.2) is 12.0 Å². The first-order chi connectivity index (χ1) is 8.02. The van der Waals surface area contributed by atoms with Crippen LogP contribution in [-0.2, 0) is 6.18 Å². The summed E-state index contributed by atoms with van der Waals surface area (Å²) < 4.78 is 38.2. The number of hydrogen-bond donors (Lipinski definition) is 0. The van der Waals surface area contributed by atoms with Crippen LogP contribution in [0, 0.1) is 0 Å². The van der Waals surface area contributed by atoms with Crippen LogP contribution in [0.3, 0.4) is 0 Å². The molecular formula is C10H6F3N3O. The van der Waals surface area contributed by atoms with Crippen LogP contribution in [0.15, 0.2) is 30.6 Å². The van der Waals surface area contributed by atoms with E-state index in [0.29, 0.717) is 18.0 Å². The van der Waals surface area contributed by atoms with Crippen molar-refractivity contribution in [3.05, 3.63) is 42.0 Å². The van der Waals surface area contributed by atoms with Crippen molar-refractivity contribution < 1.29 is 18.0 Å². The van der Waals surface area contributed by atoms with Crippen LogP contribution in [-0.4, -0.2) is 21.1 Å². The molecular weight excluding hydrogens is 235 g/mol. The lowest BCUT2D eigenvalue weighted by atomic mass is 10.3.